The van der Waals surface area contributed by atoms with Gasteiger partial charge in [0.05, 0.1) is 5.75 Å². The fraction of sp³-hybridized carbons (Fsp3) is 0.312. The van der Waals surface area contributed by atoms with Crippen molar-refractivity contribution in [2.75, 3.05) is 18.8 Å². The van der Waals surface area contributed by atoms with Crippen molar-refractivity contribution in [3.8, 4) is 0 Å². The number of carbonyl (C=O) groups is 1. The van der Waals surface area contributed by atoms with Gasteiger partial charge in [-0.25, -0.2) is 8.42 Å². The van der Waals surface area contributed by atoms with Crippen molar-refractivity contribution in [3.63, 3.8) is 0 Å². The highest BCUT2D eigenvalue weighted by Gasteiger charge is 2.37. The highest BCUT2D eigenvalue weighted by atomic mass is 35.5. The fourth-order valence-corrected chi connectivity index (χ4v) is 5.88. The molecule has 2 aromatic rings. The lowest BCUT2D eigenvalue weighted by Crippen LogP contribution is -2.45. The molecular formula is C16H16ClNO3S2. The average Bonchev–Trinajstić information content (AvgIpc) is 3.00. The Morgan fingerprint density at radius 2 is 2.13 bits per heavy atom. The standard InChI is InChI=1S/C16H16ClNO3S2/c1-11-9-12(17)4-5-13(11)16(19)18-6-8-23(20,21)15(10-18)14-3-2-7-22-14/h2-5,7,9,15H,6,8,10H2,1H3/t15-/m1/s1. The van der Waals surface area contributed by atoms with E-state index >= 15 is 0 Å². The number of sulfone groups is 1. The molecule has 2 heterocycles. The number of rotatable bonds is 2. The van der Waals surface area contributed by atoms with E-state index in [4.69, 9.17) is 11.6 Å². The zero-order valence-electron chi connectivity index (χ0n) is 12.5. The summed E-state index contributed by atoms with van der Waals surface area (Å²) in [6.07, 6.45) is 0. The number of hydrogen-bond donors (Lipinski definition) is 0. The summed E-state index contributed by atoms with van der Waals surface area (Å²) in [6.45, 7) is 2.26. The molecule has 0 aliphatic carbocycles. The van der Waals surface area contributed by atoms with Crippen molar-refractivity contribution in [1.82, 2.24) is 4.90 Å². The predicted molar refractivity (Wildman–Crippen MR) is 92.9 cm³/mol. The van der Waals surface area contributed by atoms with E-state index in [0.717, 1.165) is 10.4 Å². The third-order valence-electron chi connectivity index (χ3n) is 4.03. The number of benzene rings is 1. The molecule has 0 bridgehead atoms. The molecular weight excluding hydrogens is 354 g/mol. The van der Waals surface area contributed by atoms with Crippen molar-refractivity contribution < 1.29 is 13.2 Å². The van der Waals surface area contributed by atoms with Gasteiger partial charge >= 0.3 is 0 Å². The van der Waals surface area contributed by atoms with Crippen LogP contribution in [0.1, 0.15) is 26.0 Å². The molecule has 3 rings (SSSR count). The van der Waals surface area contributed by atoms with Gasteiger partial charge in [-0.3, -0.25) is 4.79 Å². The summed E-state index contributed by atoms with van der Waals surface area (Å²) >= 11 is 7.34. The number of amides is 1. The van der Waals surface area contributed by atoms with Crippen LogP contribution in [-0.4, -0.2) is 38.1 Å². The minimum atomic E-state index is -3.22. The summed E-state index contributed by atoms with van der Waals surface area (Å²) in [5, 5.41) is 1.80. The summed E-state index contributed by atoms with van der Waals surface area (Å²) in [6, 6.07) is 8.77. The fourth-order valence-electron chi connectivity index (χ4n) is 2.75. The highest BCUT2D eigenvalue weighted by molar-refractivity contribution is 7.91. The molecule has 0 spiro atoms. The topological polar surface area (TPSA) is 54.5 Å². The molecule has 7 heteroatoms. The van der Waals surface area contributed by atoms with Crippen molar-refractivity contribution in [2.24, 2.45) is 0 Å². The Bertz CT molecular complexity index is 831. The van der Waals surface area contributed by atoms with Gasteiger partial charge in [0.25, 0.3) is 5.91 Å². The highest BCUT2D eigenvalue weighted by Crippen LogP contribution is 2.32. The first-order valence-corrected chi connectivity index (χ1v) is 10.2. The van der Waals surface area contributed by atoms with Gasteiger partial charge < -0.3 is 4.90 Å². The number of carbonyl (C=O) groups excluding carboxylic acids is 1. The lowest BCUT2D eigenvalue weighted by Gasteiger charge is -2.32. The monoisotopic (exact) mass is 369 g/mol. The van der Waals surface area contributed by atoms with Gasteiger partial charge in [-0.15, -0.1) is 11.3 Å². The van der Waals surface area contributed by atoms with Crippen LogP contribution in [0.15, 0.2) is 35.7 Å². The Morgan fingerprint density at radius 3 is 2.78 bits per heavy atom. The van der Waals surface area contributed by atoms with E-state index in [-0.39, 0.29) is 24.7 Å². The quantitative estimate of drug-likeness (QED) is 0.815. The molecule has 1 aliphatic heterocycles. The lowest BCUT2D eigenvalue weighted by molar-refractivity contribution is 0.0758. The summed E-state index contributed by atoms with van der Waals surface area (Å²) in [5.74, 6) is -0.149. The Hall–Kier alpha value is -1.37. The van der Waals surface area contributed by atoms with E-state index in [1.807, 2.05) is 24.4 Å². The van der Waals surface area contributed by atoms with Gasteiger partial charge in [-0.05, 0) is 42.1 Å². The molecule has 0 saturated carbocycles. The van der Waals surface area contributed by atoms with Crippen LogP contribution in [0.3, 0.4) is 0 Å². The number of aryl methyl sites for hydroxylation is 1. The van der Waals surface area contributed by atoms with Crippen LogP contribution in [0.2, 0.25) is 5.02 Å². The number of thiophene rings is 1. The molecule has 1 saturated heterocycles. The third kappa shape index (κ3) is 3.29. The molecule has 1 aliphatic rings. The molecule has 23 heavy (non-hydrogen) atoms. The normalized spacial score (nSPS) is 20.4. The van der Waals surface area contributed by atoms with Gasteiger partial charge in [0.1, 0.15) is 5.25 Å². The Kier molecular flexibility index (Phi) is 4.49. The maximum Gasteiger partial charge on any atom is 0.254 e. The van der Waals surface area contributed by atoms with Crippen LogP contribution in [0.5, 0.6) is 0 Å². The molecule has 1 amide bonds. The Balaban J connectivity index is 1.88. The third-order valence-corrected chi connectivity index (χ3v) is 7.42. The van der Waals surface area contributed by atoms with Crippen LogP contribution >= 0.6 is 22.9 Å². The maximum absolute atomic E-state index is 12.7. The maximum atomic E-state index is 12.7. The first-order chi connectivity index (χ1) is 10.9. The first kappa shape index (κ1) is 16.5. The van der Waals surface area contributed by atoms with Crippen molar-refractivity contribution in [1.29, 1.82) is 0 Å². The van der Waals surface area contributed by atoms with Crippen LogP contribution in [0, 0.1) is 6.92 Å². The van der Waals surface area contributed by atoms with E-state index < -0.39 is 15.1 Å². The first-order valence-electron chi connectivity index (χ1n) is 7.19. The van der Waals surface area contributed by atoms with Gasteiger partial charge in [0, 0.05) is 28.6 Å². The van der Waals surface area contributed by atoms with Crippen LogP contribution in [0.25, 0.3) is 0 Å². The molecule has 0 radical (unpaired) electrons. The summed E-state index contributed by atoms with van der Waals surface area (Å²) in [4.78, 5) is 15.2. The summed E-state index contributed by atoms with van der Waals surface area (Å²) in [7, 11) is -3.22. The number of halogens is 1. The molecule has 1 aromatic carbocycles. The SMILES string of the molecule is Cc1cc(Cl)ccc1C(=O)N1CCS(=O)(=O)[C@@H](c2cccs2)C1. The molecule has 122 valence electrons. The molecule has 1 atom stereocenters. The van der Waals surface area contributed by atoms with E-state index in [9.17, 15) is 13.2 Å². The minimum Gasteiger partial charge on any atom is -0.336 e. The van der Waals surface area contributed by atoms with Crippen molar-refractivity contribution in [2.45, 2.75) is 12.2 Å². The lowest BCUT2D eigenvalue weighted by atomic mass is 10.1. The largest absolute Gasteiger partial charge is 0.336 e. The predicted octanol–water partition coefficient (Wildman–Crippen LogP) is 3.32. The molecule has 1 fully saturated rings. The molecule has 0 N–H and O–H groups in total. The Labute approximate surface area is 144 Å². The number of nitrogens with zero attached hydrogens (tertiary/aromatic N) is 1. The van der Waals surface area contributed by atoms with Crippen LogP contribution in [0.4, 0.5) is 0 Å². The van der Waals surface area contributed by atoms with Crippen molar-refractivity contribution in [3.05, 3.63) is 56.7 Å². The number of hydrogen-bond acceptors (Lipinski definition) is 4. The summed E-state index contributed by atoms with van der Waals surface area (Å²) < 4.78 is 24.7. The van der Waals surface area contributed by atoms with E-state index in [1.54, 1.807) is 23.1 Å². The van der Waals surface area contributed by atoms with Gasteiger partial charge in [0.2, 0.25) is 0 Å². The molecule has 4 nitrogen and oxygen atoms in total. The van der Waals surface area contributed by atoms with Gasteiger partial charge in [-0.2, -0.15) is 0 Å². The van der Waals surface area contributed by atoms with E-state index in [0.29, 0.717) is 10.6 Å². The van der Waals surface area contributed by atoms with Crippen LogP contribution < -0.4 is 0 Å². The summed E-state index contributed by atoms with van der Waals surface area (Å²) in [5.41, 5.74) is 1.36. The zero-order chi connectivity index (χ0) is 16.6. The smallest absolute Gasteiger partial charge is 0.254 e. The van der Waals surface area contributed by atoms with Crippen molar-refractivity contribution >= 4 is 38.7 Å². The van der Waals surface area contributed by atoms with E-state index in [2.05, 4.69) is 0 Å². The second kappa shape index (κ2) is 6.26. The van der Waals surface area contributed by atoms with Gasteiger partial charge in [-0.1, -0.05) is 17.7 Å². The van der Waals surface area contributed by atoms with E-state index in [1.165, 1.54) is 11.3 Å². The van der Waals surface area contributed by atoms with Gasteiger partial charge in [0.15, 0.2) is 9.84 Å². The second-order valence-electron chi connectivity index (χ2n) is 5.58. The van der Waals surface area contributed by atoms with Crippen LogP contribution in [-0.2, 0) is 9.84 Å². The Morgan fingerprint density at radius 1 is 1.35 bits per heavy atom. The molecule has 1 aromatic heterocycles. The zero-order valence-corrected chi connectivity index (χ0v) is 14.9. The molecule has 0 unspecified atom stereocenters. The minimum absolute atomic E-state index is 0.00601. The average molecular weight is 370 g/mol. The second-order valence-corrected chi connectivity index (χ2v) is 9.30.